The molecule has 0 radical (unpaired) electrons. The lowest BCUT2D eigenvalue weighted by Gasteiger charge is -2.22. The van der Waals surface area contributed by atoms with Crippen LogP contribution in [0.1, 0.15) is 31.9 Å². The summed E-state index contributed by atoms with van der Waals surface area (Å²) in [6, 6.07) is 20.2. The van der Waals surface area contributed by atoms with Crippen LogP contribution in [0.15, 0.2) is 60.7 Å². The molecule has 4 nitrogen and oxygen atoms in total. The number of carbonyl (C=O) groups is 1. The van der Waals surface area contributed by atoms with Gasteiger partial charge in [-0.25, -0.2) is 0 Å². The van der Waals surface area contributed by atoms with Gasteiger partial charge in [0, 0.05) is 0 Å². The molecule has 152 valence electrons. The van der Waals surface area contributed by atoms with Gasteiger partial charge in [-0.1, -0.05) is 74.5 Å². The lowest BCUT2D eigenvalue weighted by atomic mass is 10.0. The van der Waals surface area contributed by atoms with Gasteiger partial charge in [-0.2, -0.15) is 0 Å². The van der Waals surface area contributed by atoms with E-state index in [1.807, 2.05) is 50.2 Å². The van der Waals surface area contributed by atoms with E-state index in [1.54, 1.807) is 0 Å². The summed E-state index contributed by atoms with van der Waals surface area (Å²) >= 11 is 0. The van der Waals surface area contributed by atoms with Crippen molar-refractivity contribution in [3.8, 4) is 0 Å². The van der Waals surface area contributed by atoms with E-state index in [0.29, 0.717) is 13.2 Å². The molecule has 0 saturated heterocycles. The van der Waals surface area contributed by atoms with Crippen LogP contribution in [0.25, 0.3) is 0 Å². The first-order valence-electron chi connectivity index (χ1n) is 9.82. The van der Waals surface area contributed by atoms with Gasteiger partial charge in [0.15, 0.2) is 0 Å². The van der Waals surface area contributed by atoms with E-state index in [-0.39, 0.29) is 23.8 Å². The Morgan fingerprint density at radius 3 is 1.57 bits per heavy atom. The highest BCUT2D eigenvalue weighted by Crippen LogP contribution is 2.49. The Balaban J connectivity index is 1.87. The van der Waals surface area contributed by atoms with E-state index in [9.17, 15) is 9.36 Å². The first-order chi connectivity index (χ1) is 13.4. The number of Topliss-reactive ketones (excluding diaryl/α,β-unsaturated/α-hetero) is 1. The maximum Gasteiger partial charge on any atom is 0.338 e. The minimum absolute atomic E-state index is 0.174. The molecular formula is C23H31O4P. The third kappa shape index (κ3) is 8.52. The molecule has 2 atom stereocenters. The van der Waals surface area contributed by atoms with Crippen LogP contribution >= 0.6 is 7.60 Å². The zero-order valence-electron chi connectivity index (χ0n) is 17.0. The summed E-state index contributed by atoms with van der Waals surface area (Å²) in [5.74, 6) is 0.163. The Bertz CT molecular complexity index is 705. The van der Waals surface area contributed by atoms with E-state index in [0.717, 1.165) is 12.8 Å². The van der Waals surface area contributed by atoms with Crippen molar-refractivity contribution in [3.63, 3.8) is 0 Å². The Labute approximate surface area is 168 Å². The third-order valence-corrected chi connectivity index (χ3v) is 6.30. The number of benzene rings is 2. The fraction of sp³-hybridized carbons (Fsp3) is 0.435. The second-order valence-electron chi connectivity index (χ2n) is 7.65. The SMILES string of the molecule is CC(=O)CP(=O)(OCC(C)Cc1ccccc1)OCC(C)Cc1ccccc1. The van der Waals surface area contributed by atoms with Crippen LogP contribution in [0.3, 0.4) is 0 Å². The molecule has 0 aliphatic heterocycles. The molecule has 0 amide bonds. The van der Waals surface area contributed by atoms with Gasteiger partial charge in [-0.15, -0.1) is 0 Å². The third-order valence-electron chi connectivity index (χ3n) is 4.38. The molecule has 0 heterocycles. The van der Waals surface area contributed by atoms with Crippen molar-refractivity contribution in [2.24, 2.45) is 11.8 Å². The highest BCUT2D eigenvalue weighted by atomic mass is 31.2. The highest BCUT2D eigenvalue weighted by molar-refractivity contribution is 7.54. The van der Waals surface area contributed by atoms with Crippen LogP contribution in [-0.4, -0.2) is 25.2 Å². The summed E-state index contributed by atoms with van der Waals surface area (Å²) < 4.78 is 24.4. The zero-order chi connectivity index (χ0) is 20.4. The van der Waals surface area contributed by atoms with Gasteiger partial charge in [0.1, 0.15) is 11.9 Å². The topological polar surface area (TPSA) is 52.6 Å². The summed E-state index contributed by atoms with van der Waals surface area (Å²) in [5.41, 5.74) is 2.41. The average molecular weight is 402 g/mol. The van der Waals surface area contributed by atoms with Gasteiger partial charge in [-0.3, -0.25) is 9.36 Å². The van der Waals surface area contributed by atoms with Crippen molar-refractivity contribution >= 4 is 13.4 Å². The molecule has 0 spiro atoms. The maximum absolute atomic E-state index is 13.1. The van der Waals surface area contributed by atoms with Crippen LogP contribution in [0, 0.1) is 11.8 Å². The number of hydrogen-bond donors (Lipinski definition) is 0. The molecule has 2 unspecified atom stereocenters. The second kappa shape index (κ2) is 11.3. The molecule has 2 aromatic rings. The molecule has 2 rings (SSSR count). The molecule has 0 bridgehead atoms. The van der Waals surface area contributed by atoms with Crippen molar-refractivity contribution in [1.29, 1.82) is 0 Å². The monoisotopic (exact) mass is 402 g/mol. The quantitative estimate of drug-likeness (QED) is 0.436. The zero-order valence-corrected chi connectivity index (χ0v) is 17.9. The summed E-state index contributed by atoms with van der Waals surface area (Å²) in [6.07, 6.45) is 1.47. The van der Waals surface area contributed by atoms with Crippen LogP contribution in [0.5, 0.6) is 0 Å². The first-order valence-corrected chi connectivity index (χ1v) is 11.5. The lowest BCUT2D eigenvalue weighted by Crippen LogP contribution is -2.15. The van der Waals surface area contributed by atoms with Crippen molar-refractivity contribution in [1.82, 2.24) is 0 Å². The summed E-state index contributed by atoms with van der Waals surface area (Å²) in [5, 5.41) is 0. The summed E-state index contributed by atoms with van der Waals surface area (Å²) in [4.78, 5) is 11.6. The van der Waals surface area contributed by atoms with E-state index in [4.69, 9.17) is 9.05 Å². The number of carbonyl (C=O) groups excluding carboxylic acids is 1. The molecule has 5 heteroatoms. The van der Waals surface area contributed by atoms with Gasteiger partial charge in [0.2, 0.25) is 0 Å². The normalized spacial score (nSPS) is 15.5. The Morgan fingerprint density at radius 2 is 1.21 bits per heavy atom. The van der Waals surface area contributed by atoms with Gasteiger partial charge in [0.25, 0.3) is 0 Å². The standard InChI is InChI=1S/C23H31O4P/c1-19(14-22-10-6-4-7-11-22)16-26-28(25,18-21(3)24)27-17-20(2)15-23-12-8-5-9-13-23/h4-13,19-20H,14-18H2,1-3H3. The van der Waals surface area contributed by atoms with E-state index in [2.05, 4.69) is 24.3 Å². The van der Waals surface area contributed by atoms with Crippen molar-refractivity contribution in [2.75, 3.05) is 19.4 Å². The minimum atomic E-state index is -3.44. The lowest BCUT2D eigenvalue weighted by molar-refractivity contribution is -0.115. The van der Waals surface area contributed by atoms with Gasteiger partial charge < -0.3 is 9.05 Å². The van der Waals surface area contributed by atoms with Crippen molar-refractivity contribution in [2.45, 2.75) is 33.6 Å². The van der Waals surface area contributed by atoms with Gasteiger partial charge >= 0.3 is 7.60 Å². The molecule has 28 heavy (non-hydrogen) atoms. The summed E-state index contributed by atoms with van der Waals surface area (Å²) in [7, 11) is -3.44. The van der Waals surface area contributed by atoms with Crippen molar-refractivity contribution < 1.29 is 18.4 Å². The fourth-order valence-electron chi connectivity index (χ4n) is 3.03. The van der Waals surface area contributed by atoms with Crippen LogP contribution in [0.4, 0.5) is 0 Å². The predicted molar refractivity (Wildman–Crippen MR) is 114 cm³/mol. The maximum atomic E-state index is 13.1. The summed E-state index contributed by atoms with van der Waals surface area (Å²) in [6.45, 7) is 6.10. The first kappa shape index (κ1) is 22.5. The molecule has 0 aromatic heterocycles. The molecule has 0 N–H and O–H groups in total. The minimum Gasteiger partial charge on any atom is -0.308 e. The Morgan fingerprint density at radius 1 is 0.821 bits per heavy atom. The second-order valence-corrected chi connectivity index (χ2v) is 9.71. The van der Waals surface area contributed by atoms with E-state index >= 15 is 0 Å². The predicted octanol–water partition coefficient (Wildman–Crippen LogP) is 5.56. The molecule has 0 saturated carbocycles. The Hall–Kier alpha value is -1.74. The smallest absolute Gasteiger partial charge is 0.308 e. The molecular weight excluding hydrogens is 371 g/mol. The van der Waals surface area contributed by atoms with Crippen LogP contribution < -0.4 is 0 Å². The number of rotatable bonds is 12. The molecule has 0 aliphatic rings. The number of hydrogen-bond acceptors (Lipinski definition) is 4. The van der Waals surface area contributed by atoms with Crippen LogP contribution in [-0.2, 0) is 31.2 Å². The molecule has 0 aliphatic carbocycles. The van der Waals surface area contributed by atoms with Crippen LogP contribution in [0.2, 0.25) is 0 Å². The Kier molecular flexibility index (Phi) is 9.11. The van der Waals surface area contributed by atoms with Crippen molar-refractivity contribution in [3.05, 3.63) is 71.8 Å². The largest absolute Gasteiger partial charge is 0.338 e. The highest BCUT2D eigenvalue weighted by Gasteiger charge is 2.28. The number of ketones is 1. The fourth-order valence-corrected chi connectivity index (χ4v) is 4.80. The van der Waals surface area contributed by atoms with Gasteiger partial charge in [0.05, 0.1) is 13.2 Å². The van der Waals surface area contributed by atoms with Gasteiger partial charge in [-0.05, 0) is 42.7 Å². The molecule has 0 fully saturated rings. The van der Waals surface area contributed by atoms with E-state index in [1.165, 1.54) is 18.1 Å². The molecule has 2 aromatic carbocycles. The van der Waals surface area contributed by atoms with E-state index < -0.39 is 7.60 Å². The average Bonchev–Trinajstić information content (AvgIpc) is 2.66.